The highest BCUT2D eigenvalue weighted by Gasteiger charge is 2.02. The molecule has 0 radical (unpaired) electrons. The summed E-state index contributed by atoms with van der Waals surface area (Å²) in [4.78, 5) is 8.97. The predicted octanol–water partition coefficient (Wildman–Crippen LogP) is 5.05. The quantitative estimate of drug-likeness (QED) is 0.504. The Hall–Kier alpha value is -1.41. The van der Waals surface area contributed by atoms with E-state index in [9.17, 15) is 0 Å². The summed E-state index contributed by atoms with van der Waals surface area (Å²) in [5.74, 6) is 1.52. The molecule has 0 spiro atoms. The van der Waals surface area contributed by atoms with Crippen LogP contribution in [0.15, 0.2) is 36.7 Å². The number of rotatable bonds is 8. The van der Waals surface area contributed by atoms with E-state index >= 15 is 0 Å². The molecule has 0 N–H and O–H groups in total. The zero-order chi connectivity index (χ0) is 14.9. The van der Waals surface area contributed by atoms with Crippen molar-refractivity contribution < 1.29 is 0 Å². The lowest BCUT2D eigenvalue weighted by Gasteiger charge is -2.04. The SMILES string of the molecule is CCCCCc1cnc(-c2ccc(CCCCl)cc2)nc1. The van der Waals surface area contributed by atoms with E-state index in [4.69, 9.17) is 11.6 Å². The Morgan fingerprint density at radius 1 is 0.857 bits per heavy atom. The Balaban J connectivity index is 1.97. The predicted molar refractivity (Wildman–Crippen MR) is 89.7 cm³/mol. The van der Waals surface area contributed by atoms with Gasteiger partial charge in [-0.25, -0.2) is 9.97 Å². The Morgan fingerprint density at radius 2 is 1.52 bits per heavy atom. The van der Waals surface area contributed by atoms with Crippen molar-refractivity contribution in [1.82, 2.24) is 9.97 Å². The molecule has 0 aliphatic heterocycles. The number of alkyl halides is 1. The van der Waals surface area contributed by atoms with Gasteiger partial charge in [0.2, 0.25) is 0 Å². The molecule has 1 aromatic heterocycles. The zero-order valence-corrected chi connectivity index (χ0v) is 13.4. The van der Waals surface area contributed by atoms with Crippen molar-refractivity contribution in [3.8, 4) is 11.4 Å². The second-order valence-corrected chi connectivity index (χ2v) is 5.74. The van der Waals surface area contributed by atoms with E-state index in [1.807, 2.05) is 12.4 Å². The van der Waals surface area contributed by atoms with Crippen LogP contribution in [0.25, 0.3) is 11.4 Å². The smallest absolute Gasteiger partial charge is 0.159 e. The van der Waals surface area contributed by atoms with Crippen LogP contribution in [0, 0.1) is 0 Å². The van der Waals surface area contributed by atoms with Crippen LogP contribution in [0.3, 0.4) is 0 Å². The summed E-state index contributed by atoms with van der Waals surface area (Å²) >= 11 is 5.72. The van der Waals surface area contributed by atoms with E-state index in [2.05, 4.69) is 41.2 Å². The van der Waals surface area contributed by atoms with Gasteiger partial charge in [0.15, 0.2) is 5.82 Å². The van der Waals surface area contributed by atoms with Crippen LogP contribution in [-0.2, 0) is 12.8 Å². The molecule has 0 bridgehead atoms. The molecule has 3 heteroatoms. The van der Waals surface area contributed by atoms with Crippen LogP contribution in [0.5, 0.6) is 0 Å². The molecule has 21 heavy (non-hydrogen) atoms. The van der Waals surface area contributed by atoms with E-state index in [0.717, 1.165) is 30.7 Å². The molecule has 0 saturated heterocycles. The van der Waals surface area contributed by atoms with Gasteiger partial charge in [-0.2, -0.15) is 0 Å². The topological polar surface area (TPSA) is 25.8 Å². The maximum atomic E-state index is 5.72. The van der Waals surface area contributed by atoms with Crippen LogP contribution < -0.4 is 0 Å². The molecule has 1 heterocycles. The number of benzene rings is 1. The third-order valence-corrected chi connectivity index (χ3v) is 3.85. The van der Waals surface area contributed by atoms with E-state index in [0.29, 0.717) is 5.88 Å². The number of hydrogen-bond acceptors (Lipinski definition) is 2. The number of aromatic nitrogens is 2. The Kier molecular flexibility index (Phi) is 6.68. The first-order valence-electron chi connectivity index (χ1n) is 7.79. The molecule has 0 aliphatic rings. The minimum Gasteiger partial charge on any atom is -0.236 e. The standard InChI is InChI=1S/C18H23ClN2/c1-2-3-4-6-16-13-20-18(21-14-16)17-10-8-15(9-11-17)7-5-12-19/h8-11,13-14H,2-7,12H2,1H3. The fourth-order valence-corrected chi connectivity index (χ4v) is 2.44. The van der Waals surface area contributed by atoms with Gasteiger partial charge in [-0.3, -0.25) is 0 Å². The summed E-state index contributed by atoms with van der Waals surface area (Å²) in [5.41, 5.74) is 3.62. The van der Waals surface area contributed by atoms with Crippen molar-refractivity contribution in [2.24, 2.45) is 0 Å². The van der Waals surface area contributed by atoms with Crippen molar-refractivity contribution in [2.75, 3.05) is 5.88 Å². The molecule has 0 unspecified atom stereocenters. The van der Waals surface area contributed by atoms with Crippen molar-refractivity contribution in [3.63, 3.8) is 0 Å². The summed E-state index contributed by atoms with van der Waals surface area (Å²) in [6.07, 6.45) is 10.8. The van der Waals surface area contributed by atoms with Gasteiger partial charge in [0.05, 0.1) is 0 Å². The Bertz CT molecular complexity index is 520. The second-order valence-electron chi connectivity index (χ2n) is 5.36. The molecular formula is C18H23ClN2. The van der Waals surface area contributed by atoms with Crippen LogP contribution in [-0.4, -0.2) is 15.8 Å². The number of unbranched alkanes of at least 4 members (excludes halogenated alkanes) is 2. The highest BCUT2D eigenvalue weighted by Crippen LogP contribution is 2.16. The molecule has 0 saturated carbocycles. The summed E-state index contributed by atoms with van der Waals surface area (Å²) in [7, 11) is 0. The summed E-state index contributed by atoms with van der Waals surface area (Å²) < 4.78 is 0. The van der Waals surface area contributed by atoms with Crippen LogP contribution in [0.1, 0.15) is 43.7 Å². The molecule has 2 aromatic rings. The minimum absolute atomic E-state index is 0.713. The zero-order valence-electron chi connectivity index (χ0n) is 12.7. The largest absolute Gasteiger partial charge is 0.236 e. The molecule has 0 atom stereocenters. The number of nitrogens with zero attached hydrogens (tertiary/aromatic N) is 2. The highest BCUT2D eigenvalue weighted by atomic mass is 35.5. The van der Waals surface area contributed by atoms with Crippen LogP contribution in [0.4, 0.5) is 0 Å². The van der Waals surface area contributed by atoms with Gasteiger partial charge < -0.3 is 0 Å². The number of hydrogen-bond donors (Lipinski definition) is 0. The van der Waals surface area contributed by atoms with Crippen LogP contribution >= 0.6 is 11.6 Å². The van der Waals surface area contributed by atoms with Gasteiger partial charge in [0.25, 0.3) is 0 Å². The second kappa shape index (κ2) is 8.78. The van der Waals surface area contributed by atoms with E-state index < -0.39 is 0 Å². The van der Waals surface area contributed by atoms with Gasteiger partial charge in [0.1, 0.15) is 0 Å². The molecule has 2 nitrogen and oxygen atoms in total. The molecule has 0 amide bonds. The van der Waals surface area contributed by atoms with Crippen molar-refractivity contribution in [2.45, 2.75) is 45.4 Å². The maximum Gasteiger partial charge on any atom is 0.159 e. The lowest BCUT2D eigenvalue weighted by molar-refractivity contribution is 0.714. The first-order chi connectivity index (χ1) is 10.3. The molecular weight excluding hydrogens is 280 g/mol. The van der Waals surface area contributed by atoms with E-state index in [-0.39, 0.29) is 0 Å². The van der Waals surface area contributed by atoms with Gasteiger partial charge >= 0.3 is 0 Å². The van der Waals surface area contributed by atoms with Gasteiger partial charge in [-0.15, -0.1) is 11.6 Å². The molecule has 1 aromatic carbocycles. The molecule has 2 rings (SSSR count). The first-order valence-corrected chi connectivity index (χ1v) is 8.33. The lowest BCUT2D eigenvalue weighted by Crippen LogP contribution is -1.93. The van der Waals surface area contributed by atoms with Crippen molar-refractivity contribution >= 4 is 11.6 Å². The van der Waals surface area contributed by atoms with Crippen molar-refractivity contribution in [1.29, 1.82) is 0 Å². The number of halogens is 1. The average Bonchev–Trinajstić information content (AvgIpc) is 2.54. The first kappa shape index (κ1) is 16.0. The lowest BCUT2D eigenvalue weighted by atomic mass is 10.1. The third-order valence-electron chi connectivity index (χ3n) is 3.59. The van der Waals surface area contributed by atoms with Crippen molar-refractivity contribution in [3.05, 3.63) is 47.8 Å². The normalized spacial score (nSPS) is 10.8. The van der Waals surface area contributed by atoms with Gasteiger partial charge in [-0.1, -0.05) is 44.0 Å². The van der Waals surface area contributed by atoms with E-state index in [1.54, 1.807) is 0 Å². The monoisotopic (exact) mass is 302 g/mol. The minimum atomic E-state index is 0.713. The molecule has 0 fully saturated rings. The fraction of sp³-hybridized carbons (Fsp3) is 0.444. The van der Waals surface area contributed by atoms with E-state index in [1.165, 1.54) is 30.4 Å². The third kappa shape index (κ3) is 5.13. The molecule has 112 valence electrons. The Labute approximate surface area is 132 Å². The highest BCUT2D eigenvalue weighted by molar-refractivity contribution is 6.17. The van der Waals surface area contributed by atoms with Gasteiger partial charge in [0, 0.05) is 23.8 Å². The fourth-order valence-electron chi connectivity index (χ4n) is 2.30. The van der Waals surface area contributed by atoms with Crippen LogP contribution in [0.2, 0.25) is 0 Å². The average molecular weight is 303 g/mol. The number of aryl methyl sites for hydroxylation is 2. The summed E-state index contributed by atoms with van der Waals surface area (Å²) in [5, 5.41) is 0. The summed E-state index contributed by atoms with van der Waals surface area (Å²) in [6.45, 7) is 2.22. The van der Waals surface area contributed by atoms with Gasteiger partial charge in [-0.05, 0) is 36.8 Å². The molecule has 0 aliphatic carbocycles. The summed E-state index contributed by atoms with van der Waals surface area (Å²) in [6, 6.07) is 8.46. The Morgan fingerprint density at radius 3 is 2.14 bits per heavy atom. The maximum absolute atomic E-state index is 5.72.